The second kappa shape index (κ2) is 11.3. The monoisotopic (exact) mass is 332 g/mol. The van der Waals surface area contributed by atoms with Crippen LogP contribution in [0.5, 0.6) is 0 Å². The third-order valence-electron chi connectivity index (χ3n) is 3.85. The van der Waals surface area contributed by atoms with Crippen LogP contribution in [-0.2, 0) is 0 Å². The van der Waals surface area contributed by atoms with Gasteiger partial charge in [-0.05, 0) is 33.7 Å². The molecule has 0 saturated carbocycles. The maximum Gasteiger partial charge on any atom is -0.0143 e. The van der Waals surface area contributed by atoms with Gasteiger partial charge in [0.1, 0.15) is 0 Å². The van der Waals surface area contributed by atoms with Crippen LogP contribution < -0.4 is 0 Å². The van der Waals surface area contributed by atoms with Gasteiger partial charge in [0, 0.05) is 0 Å². The van der Waals surface area contributed by atoms with Crippen LogP contribution >= 0.6 is 0 Å². The molecule has 0 heterocycles. The average Bonchev–Trinajstić information content (AvgIpc) is 2.71. The van der Waals surface area contributed by atoms with Gasteiger partial charge in [-0.3, -0.25) is 0 Å². The van der Waals surface area contributed by atoms with Crippen molar-refractivity contribution in [3.63, 3.8) is 0 Å². The first-order valence-electron chi connectivity index (χ1n) is 9.51. The Labute approximate surface area is 154 Å². The van der Waals surface area contributed by atoms with Crippen molar-refractivity contribution in [2.45, 2.75) is 47.5 Å². The number of hydrogen-bond donors (Lipinski definition) is 0. The van der Waals surface area contributed by atoms with Crippen LogP contribution in [0.1, 0.15) is 53.0 Å². The van der Waals surface area contributed by atoms with Crippen molar-refractivity contribution in [1.82, 2.24) is 0 Å². The minimum absolute atomic E-state index is 0.483. The van der Waals surface area contributed by atoms with Gasteiger partial charge in [-0.1, -0.05) is 120 Å². The van der Waals surface area contributed by atoms with Gasteiger partial charge < -0.3 is 0 Å². The zero-order valence-electron chi connectivity index (χ0n) is 16.6. The van der Waals surface area contributed by atoms with Gasteiger partial charge in [0.25, 0.3) is 0 Å². The van der Waals surface area contributed by atoms with Crippen molar-refractivity contribution in [1.29, 1.82) is 0 Å². The summed E-state index contributed by atoms with van der Waals surface area (Å²) in [7, 11) is 0. The van der Waals surface area contributed by atoms with Gasteiger partial charge in [-0.2, -0.15) is 0 Å². The molecular formula is C25H32. The van der Waals surface area contributed by atoms with E-state index in [-0.39, 0.29) is 0 Å². The van der Waals surface area contributed by atoms with Gasteiger partial charge in [0.2, 0.25) is 0 Å². The fraction of sp³-hybridized carbons (Fsp3) is 0.280. The summed E-state index contributed by atoms with van der Waals surface area (Å²) in [6.07, 6.45) is 0. The lowest BCUT2D eigenvalue weighted by atomic mass is 9.86. The van der Waals surface area contributed by atoms with E-state index in [1.165, 1.54) is 27.8 Å². The average molecular weight is 333 g/mol. The molecule has 0 aliphatic rings. The van der Waals surface area contributed by atoms with Crippen LogP contribution in [0.2, 0.25) is 0 Å². The molecule has 0 unspecified atom stereocenters. The largest absolute Gasteiger partial charge is 0.0683 e. The summed E-state index contributed by atoms with van der Waals surface area (Å²) in [5.41, 5.74) is 6.69. The highest BCUT2D eigenvalue weighted by atomic mass is 14.2. The van der Waals surface area contributed by atoms with E-state index in [0.29, 0.717) is 5.92 Å². The Morgan fingerprint density at radius 2 is 0.840 bits per heavy atom. The van der Waals surface area contributed by atoms with Gasteiger partial charge in [0.15, 0.2) is 0 Å². The van der Waals surface area contributed by atoms with Crippen molar-refractivity contribution in [2.75, 3.05) is 0 Å². The van der Waals surface area contributed by atoms with Crippen LogP contribution in [0.15, 0.2) is 78.9 Å². The summed E-state index contributed by atoms with van der Waals surface area (Å²) in [4.78, 5) is 0. The highest BCUT2D eigenvalue weighted by Gasteiger charge is 2.14. The first-order valence-corrected chi connectivity index (χ1v) is 9.51. The van der Waals surface area contributed by atoms with E-state index in [9.17, 15) is 0 Å². The van der Waals surface area contributed by atoms with Gasteiger partial charge in [-0.25, -0.2) is 0 Å². The third kappa shape index (κ3) is 5.32. The second-order valence-electron chi connectivity index (χ2n) is 5.65. The van der Waals surface area contributed by atoms with E-state index in [1.54, 1.807) is 0 Å². The van der Waals surface area contributed by atoms with Gasteiger partial charge in [-0.15, -0.1) is 0 Å². The lowest BCUT2D eigenvalue weighted by molar-refractivity contribution is 0.871. The maximum absolute atomic E-state index is 2.27. The topological polar surface area (TPSA) is 0 Å². The van der Waals surface area contributed by atoms with Crippen molar-refractivity contribution in [3.05, 3.63) is 84.4 Å². The minimum Gasteiger partial charge on any atom is -0.0683 e. The van der Waals surface area contributed by atoms with E-state index < -0.39 is 0 Å². The Balaban J connectivity index is 0.000000730. The smallest absolute Gasteiger partial charge is 0.0143 e. The highest BCUT2D eigenvalue weighted by molar-refractivity contribution is 5.79. The molecule has 0 aromatic heterocycles. The Bertz CT molecular complexity index is 652. The summed E-state index contributed by atoms with van der Waals surface area (Å²) >= 11 is 0. The Kier molecular flexibility index (Phi) is 9.32. The predicted molar refractivity (Wildman–Crippen MR) is 114 cm³/mol. The van der Waals surface area contributed by atoms with Crippen molar-refractivity contribution in [2.24, 2.45) is 0 Å². The normalized spacial score (nSPS) is 9.56. The van der Waals surface area contributed by atoms with Crippen LogP contribution in [0.4, 0.5) is 0 Å². The molecule has 0 N–H and O–H groups in total. The Morgan fingerprint density at radius 3 is 1.16 bits per heavy atom. The van der Waals surface area contributed by atoms with Gasteiger partial charge >= 0.3 is 0 Å². The molecule has 0 radical (unpaired) electrons. The molecule has 0 fully saturated rings. The van der Waals surface area contributed by atoms with E-state index >= 15 is 0 Å². The first-order chi connectivity index (χ1) is 12.3. The van der Waals surface area contributed by atoms with Crippen LogP contribution in [0.3, 0.4) is 0 Å². The fourth-order valence-corrected chi connectivity index (χ4v) is 2.93. The maximum atomic E-state index is 2.27. The number of rotatable bonds is 3. The van der Waals surface area contributed by atoms with E-state index in [4.69, 9.17) is 0 Å². The first kappa shape index (κ1) is 20.7. The SMILES string of the molecule is CC.CC.CC(C)c1c(-c2ccccc2)cccc1-c1ccccc1. The van der Waals surface area contributed by atoms with Crippen molar-refractivity contribution >= 4 is 0 Å². The molecule has 3 aromatic carbocycles. The molecule has 0 aliphatic carbocycles. The van der Waals surface area contributed by atoms with E-state index in [0.717, 1.165) is 0 Å². The summed E-state index contributed by atoms with van der Waals surface area (Å²) < 4.78 is 0. The highest BCUT2D eigenvalue weighted by Crippen LogP contribution is 2.36. The lowest BCUT2D eigenvalue weighted by Gasteiger charge is -2.18. The van der Waals surface area contributed by atoms with Crippen molar-refractivity contribution < 1.29 is 0 Å². The summed E-state index contributed by atoms with van der Waals surface area (Å²) in [6.45, 7) is 12.5. The molecule has 0 amide bonds. The van der Waals surface area contributed by atoms with Crippen LogP contribution in [-0.4, -0.2) is 0 Å². The molecule has 132 valence electrons. The van der Waals surface area contributed by atoms with E-state index in [2.05, 4.69) is 92.7 Å². The molecule has 0 heteroatoms. The predicted octanol–water partition coefficient (Wildman–Crippen LogP) is 8.20. The minimum atomic E-state index is 0.483. The standard InChI is InChI=1S/C21H20.2C2H6/c1-16(2)21-19(17-10-5-3-6-11-17)14-9-15-20(21)18-12-7-4-8-13-18;2*1-2/h3-16H,1-2H3;2*1-2H3. The molecule has 0 atom stereocenters. The summed E-state index contributed by atoms with van der Waals surface area (Å²) in [6, 6.07) is 28.0. The number of hydrogen-bond acceptors (Lipinski definition) is 0. The number of benzene rings is 3. The van der Waals surface area contributed by atoms with Crippen molar-refractivity contribution in [3.8, 4) is 22.3 Å². The van der Waals surface area contributed by atoms with E-state index in [1.807, 2.05) is 27.7 Å². The fourth-order valence-electron chi connectivity index (χ4n) is 2.93. The lowest BCUT2D eigenvalue weighted by Crippen LogP contribution is -1.96. The Hall–Kier alpha value is -2.34. The molecule has 0 nitrogen and oxygen atoms in total. The molecular weight excluding hydrogens is 300 g/mol. The summed E-state index contributed by atoms with van der Waals surface area (Å²) in [5.74, 6) is 0.483. The molecule has 3 aromatic rings. The summed E-state index contributed by atoms with van der Waals surface area (Å²) in [5, 5.41) is 0. The van der Waals surface area contributed by atoms with Gasteiger partial charge in [0.05, 0.1) is 0 Å². The third-order valence-corrected chi connectivity index (χ3v) is 3.85. The molecule has 0 aliphatic heterocycles. The molecule has 25 heavy (non-hydrogen) atoms. The zero-order valence-corrected chi connectivity index (χ0v) is 16.6. The zero-order chi connectivity index (χ0) is 18.7. The quantitative estimate of drug-likeness (QED) is 0.453. The second-order valence-corrected chi connectivity index (χ2v) is 5.65. The van der Waals surface area contributed by atoms with Crippen LogP contribution in [0, 0.1) is 0 Å². The molecule has 0 spiro atoms. The molecule has 0 bridgehead atoms. The molecule has 3 rings (SSSR count). The van der Waals surface area contributed by atoms with Crippen LogP contribution in [0.25, 0.3) is 22.3 Å². The Morgan fingerprint density at radius 1 is 0.480 bits per heavy atom. The molecule has 0 saturated heterocycles.